The Morgan fingerprint density at radius 1 is 0.227 bits per heavy atom. The van der Waals surface area contributed by atoms with E-state index in [0.29, 0.717) is 0 Å². The Morgan fingerprint density at radius 2 is 0.500 bits per heavy atom. The second kappa shape index (κ2) is 44.7. The lowest BCUT2D eigenvalue weighted by Crippen LogP contribution is -2.41. The molecule has 0 saturated heterocycles. The third-order valence-electron chi connectivity index (χ3n) is 30.5. The fraction of sp³-hybridized carbons (Fsp3) is 1.00. The fourth-order valence-electron chi connectivity index (χ4n) is 22.0. The third-order valence-corrected chi connectivity index (χ3v) is 30.5. The van der Waals surface area contributed by atoms with E-state index in [0.717, 1.165) is 142 Å². The van der Waals surface area contributed by atoms with Crippen LogP contribution in [0.2, 0.25) is 0 Å². The topological polar surface area (TPSA) is 0 Å². The van der Waals surface area contributed by atoms with E-state index in [2.05, 4.69) is 111 Å². The summed E-state index contributed by atoms with van der Waals surface area (Å²) in [5, 5.41) is 0. The van der Waals surface area contributed by atoms with Crippen LogP contribution in [0.4, 0.5) is 0 Å². The van der Waals surface area contributed by atoms with Crippen LogP contribution in [0.3, 0.4) is 0 Å². The van der Waals surface area contributed by atoms with Crippen LogP contribution in [-0.2, 0) is 0 Å². The van der Waals surface area contributed by atoms with Crippen LogP contribution in [0.5, 0.6) is 0 Å². The van der Waals surface area contributed by atoms with Gasteiger partial charge in [0.1, 0.15) is 0 Å². The highest BCUT2D eigenvalue weighted by molar-refractivity contribution is 4.94. The largest absolute Gasteiger partial charge is 0.0651 e. The molecule has 16 atom stereocenters. The van der Waals surface area contributed by atoms with Crippen molar-refractivity contribution in [1.82, 2.24) is 0 Å². The SMILES string of the molecule is CC(C1CCCCC1)C1CCCCC1.CC1C2CCCCC2CC2CCCCC21.CC1CCC2CCCCC2C1C.CC1CCC2CCCCC2C1C.CC1CCCC(C)C1C.CCC(C)C1CCCCC1.CCC(C)C1CCCCC1.CCC(C)CC. The molecule has 12 aliphatic rings. The van der Waals surface area contributed by atoms with E-state index in [9.17, 15) is 0 Å². The van der Waals surface area contributed by atoms with Crippen molar-refractivity contribution in [3.8, 4) is 0 Å². The predicted octanol–water partition coefficient (Wildman–Crippen LogP) is 29.9. The molecule has 0 bridgehead atoms. The van der Waals surface area contributed by atoms with E-state index < -0.39 is 0 Å². The molecule has 12 saturated carbocycles. The molecule has 0 N–H and O–H groups in total. The van der Waals surface area contributed by atoms with Gasteiger partial charge < -0.3 is 0 Å². The Kier molecular flexibility index (Phi) is 40.0. The van der Waals surface area contributed by atoms with Crippen LogP contribution >= 0.6 is 0 Å². The van der Waals surface area contributed by atoms with Gasteiger partial charge in [-0.1, -0.05) is 374 Å². The maximum atomic E-state index is 2.59. The maximum Gasteiger partial charge on any atom is -0.0357 e. The van der Waals surface area contributed by atoms with Crippen LogP contribution in [-0.4, -0.2) is 0 Å². The first-order chi connectivity index (χ1) is 42.5. The lowest BCUT2D eigenvalue weighted by molar-refractivity contribution is -0.00201. The third kappa shape index (κ3) is 26.9. The molecule has 0 heteroatoms. The normalized spacial score (nSPS) is 37.0. The Labute approximate surface area is 557 Å². The summed E-state index contributed by atoms with van der Waals surface area (Å²) in [7, 11) is 0. The zero-order valence-electron chi connectivity index (χ0n) is 63.8. The first kappa shape index (κ1) is 78.7. The van der Waals surface area contributed by atoms with Crippen LogP contribution < -0.4 is 0 Å². The number of hydrogen-bond acceptors (Lipinski definition) is 0. The Balaban J connectivity index is 0.000000185. The summed E-state index contributed by atoms with van der Waals surface area (Å²) < 4.78 is 0. The van der Waals surface area contributed by atoms with E-state index in [1.165, 1.54) is 263 Å². The van der Waals surface area contributed by atoms with Gasteiger partial charge in [-0.2, -0.15) is 0 Å². The van der Waals surface area contributed by atoms with Gasteiger partial charge in [-0.3, -0.25) is 0 Å². The molecule has 12 rings (SSSR count). The molecule has 520 valence electrons. The monoisotopic (exact) mass is 1230 g/mol. The Hall–Kier alpha value is 0. The van der Waals surface area contributed by atoms with Gasteiger partial charge in [0.2, 0.25) is 0 Å². The second-order valence-corrected chi connectivity index (χ2v) is 35.6. The molecular weight excluding hydrogens is 1060 g/mol. The van der Waals surface area contributed by atoms with Crippen molar-refractivity contribution in [3.05, 3.63) is 0 Å². The molecule has 0 spiro atoms. The molecule has 0 aromatic carbocycles. The first-order valence-electron chi connectivity index (χ1n) is 42.5. The molecule has 0 aromatic rings. The van der Waals surface area contributed by atoms with Crippen molar-refractivity contribution in [3.63, 3.8) is 0 Å². The standard InChI is InChI=1S/C15H26.C14H26.2C12H22.2C10H20.C9H18.C6H14/c1-11-14-8-4-2-6-12(14)10-13-7-3-5-9-15(11)13;1-12(13-8-4-2-5-9-13)14-10-6-3-7-11-14;2*1-9-7-8-11-5-3-4-6-12(11)10(9)2;2*1-3-9(2)10-7-5-4-6-8-10;1-7-5-4-6-8(2)9(7)3;1-4-6(3)5-2/h11-15H,2-10H2,1H3;12-14H,2-11H2,1H3;2*9-12H,3-8H2,1-2H3;2*9-10H,3-8H2,1-2H3;7-9H,4-6H2,1-3H3;6H,4-5H2,1-3H3. The molecule has 0 heterocycles. The lowest BCUT2D eigenvalue weighted by atomic mass is 9.55. The van der Waals surface area contributed by atoms with Crippen LogP contribution in [0.25, 0.3) is 0 Å². The van der Waals surface area contributed by atoms with E-state index in [1.54, 1.807) is 44.9 Å². The first-order valence-corrected chi connectivity index (χ1v) is 42.5. The van der Waals surface area contributed by atoms with E-state index in [1.807, 2.05) is 0 Å². The average Bonchev–Trinajstić information content (AvgIpc) is 1.67. The van der Waals surface area contributed by atoms with Crippen molar-refractivity contribution >= 4 is 0 Å². The van der Waals surface area contributed by atoms with Gasteiger partial charge in [-0.05, 0) is 187 Å². The average molecular weight is 1230 g/mol. The Morgan fingerprint density at radius 3 is 0.795 bits per heavy atom. The molecule has 0 aromatic heterocycles. The predicted molar refractivity (Wildman–Crippen MR) is 396 cm³/mol. The quantitative estimate of drug-likeness (QED) is 0.227. The maximum absolute atomic E-state index is 2.59. The van der Waals surface area contributed by atoms with Gasteiger partial charge in [-0.25, -0.2) is 0 Å². The summed E-state index contributed by atoms with van der Waals surface area (Å²) >= 11 is 0. The summed E-state index contributed by atoms with van der Waals surface area (Å²) in [5.41, 5.74) is 0. The minimum atomic E-state index is 0.935. The summed E-state index contributed by atoms with van der Waals surface area (Å²) in [4.78, 5) is 0. The summed E-state index contributed by atoms with van der Waals surface area (Å²) in [6, 6.07) is 0. The molecule has 0 nitrogen and oxygen atoms in total. The smallest absolute Gasteiger partial charge is 0.0357 e. The lowest BCUT2D eigenvalue weighted by Gasteiger charge is -2.50. The Bertz CT molecular complexity index is 1520. The molecule has 88 heavy (non-hydrogen) atoms. The fourth-order valence-corrected chi connectivity index (χ4v) is 22.0. The highest BCUT2D eigenvalue weighted by Gasteiger charge is 2.44. The molecule has 0 radical (unpaired) electrons. The van der Waals surface area contributed by atoms with Crippen LogP contribution in [0.15, 0.2) is 0 Å². The minimum Gasteiger partial charge on any atom is -0.0651 e. The van der Waals surface area contributed by atoms with Crippen LogP contribution in [0, 0.1) is 142 Å². The summed E-state index contributed by atoms with van der Waals surface area (Å²) in [6.45, 7) is 38.4. The highest BCUT2D eigenvalue weighted by atomic mass is 14.5. The molecule has 0 amide bonds. The highest BCUT2D eigenvalue weighted by Crippen LogP contribution is 2.53. The number of fused-ring (bicyclic) bond motifs is 4. The zero-order valence-corrected chi connectivity index (χ0v) is 63.8. The van der Waals surface area contributed by atoms with Crippen molar-refractivity contribution in [2.75, 3.05) is 0 Å². The minimum absolute atomic E-state index is 0.935. The van der Waals surface area contributed by atoms with Crippen molar-refractivity contribution in [2.45, 2.75) is 419 Å². The zero-order chi connectivity index (χ0) is 63.8. The molecule has 12 fully saturated rings. The molecule has 0 aliphatic heterocycles. The van der Waals surface area contributed by atoms with E-state index >= 15 is 0 Å². The number of rotatable bonds is 8. The number of hydrogen-bond donors (Lipinski definition) is 0. The van der Waals surface area contributed by atoms with Gasteiger partial charge >= 0.3 is 0 Å². The summed E-state index contributed by atoms with van der Waals surface area (Å²) in [5.74, 6) is 25.2. The van der Waals surface area contributed by atoms with Crippen molar-refractivity contribution in [1.29, 1.82) is 0 Å². The molecular formula is C88H168. The molecule has 16 unspecified atom stereocenters. The van der Waals surface area contributed by atoms with Gasteiger partial charge in [0, 0.05) is 0 Å². The van der Waals surface area contributed by atoms with Crippen molar-refractivity contribution in [2.24, 2.45) is 142 Å². The van der Waals surface area contributed by atoms with Gasteiger partial charge in [0.25, 0.3) is 0 Å². The van der Waals surface area contributed by atoms with Gasteiger partial charge in [0.15, 0.2) is 0 Å². The van der Waals surface area contributed by atoms with Crippen LogP contribution in [0.1, 0.15) is 419 Å². The molecule has 12 aliphatic carbocycles. The van der Waals surface area contributed by atoms with E-state index in [4.69, 9.17) is 0 Å². The van der Waals surface area contributed by atoms with Gasteiger partial charge in [0.05, 0.1) is 0 Å². The van der Waals surface area contributed by atoms with E-state index in [-0.39, 0.29) is 0 Å². The second-order valence-electron chi connectivity index (χ2n) is 35.6. The summed E-state index contributed by atoms with van der Waals surface area (Å²) in [6.07, 6.45) is 72.4. The van der Waals surface area contributed by atoms with Gasteiger partial charge in [-0.15, -0.1) is 0 Å². The van der Waals surface area contributed by atoms with Crippen molar-refractivity contribution < 1.29 is 0 Å².